The van der Waals surface area contributed by atoms with E-state index in [1.807, 2.05) is 0 Å². The Morgan fingerprint density at radius 2 is 1.85 bits per heavy atom. The number of rotatable bonds is 8. The van der Waals surface area contributed by atoms with Crippen LogP contribution in [0.3, 0.4) is 0 Å². The fourth-order valence-electron chi connectivity index (χ4n) is 8.63. The van der Waals surface area contributed by atoms with Crippen molar-refractivity contribution in [2.45, 2.75) is 82.0 Å². The summed E-state index contributed by atoms with van der Waals surface area (Å²) in [4.78, 5) is 25.5. The maximum absolute atomic E-state index is 17.5. The van der Waals surface area contributed by atoms with Gasteiger partial charge >= 0.3 is 0 Å². The highest BCUT2D eigenvalue weighted by molar-refractivity contribution is 7.86. The second-order valence-electron chi connectivity index (χ2n) is 12.7. The summed E-state index contributed by atoms with van der Waals surface area (Å²) in [6.07, 6.45) is -0.441. The molecule has 3 saturated carbocycles. The number of carbonyl (C=O) groups is 2. The quantitative estimate of drug-likeness (QED) is 0.386. The molecule has 9 atom stereocenters. The van der Waals surface area contributed by atoms with Gasteiger partial charge in [-0.05, 0) is 49.7 Å². The number of ether oxygens (including phenoxy) is 1. The van der Waals surface area contributed by atoms with E-state index in [-0.39, 0.29) is 38.1 Å². The standard InChI is InChI=1S/C30H39FO9S/c1-27-12-11-20(33)13-19(27)9-10-21-22-14-26(39-17-23(40-41(3,37)38)18-7-5-4-6-8-18)30(36,25(35)16-32)28(22,2)15-24(34)29(21,27)31/h4-8,13,21-24,26,32,34,36H,9-12,14-17H2,1-3H3/t21-,22-,23?,24-,26+,27-,28-,29-,30+/m0/s1. The molecule has 41 heavy (non-hydrogen) atoms. The van der Waals surface area contributed by atoms with Crippen molar-refractivity contribution in [3.05, 3.63) is 47.5 Å². The summed E-state index contributed by atoms with van der Waals surface area (Å²) in [7, 11) is -3.91. The van der Waals surface area contributed by atoms with E-state index < -0.39 is 74.8 Å². The summed E-state index contributed by atoms with van der Waals surface area (Å²) in [5.74, 6) is -2.33. The topological polar surface area (TPSA) is 147 Å². The Morgan fingerprint density at radius 3 is 2.49 bits per heavy atom. The van der Waals surface area contributed by atoms with Gasteiger partial charge in [0.25, 0.3) is 10.1 Å². The molecule has 4 aliphatic carbocycles. The van der Waals surface area contributed by atoms with Crippen LogP contribution in [0.4, 0.5) is 4.39 Å². The van der Waals surface area contributed by atoms with Crippen LogP contribution in [0, 0.1) is 22.7 Å². The third-order valence-electron chi connectivity index (χ3n) is 10.7. The Morgan fingerprint density at radius 1 is 1.17 bits per heavy atom. The van der Waals surface area contributed by atoms with Crippen molar-refractivity contribution in [3.63, 3.8) is 0 Å². The first-order valence-electron chi connectivity index (χ1n) is 14.1. The molecule has 1 aromatic carbocycles. The highest BCUT2D eigenvalue weighted by Crippen LogP contribution is 2.70. The number of aliphatic hydroxyl groups is 3. The molecule has 0 bridgehead atoms. The Bertz CT molecular complexity index is 1350. The number of benzene rings is 1. The van der Waals surface area contributed by atoms with Crippen LogP contribution in [-0.2, 0) is 28.6 Å². The minimum absolute atomic E-state index is 0.0518. The van der Waals surface area contributed by atoms with Gasteiger partial charge in [-0.1, -0.05) is 49.8 Å². The van der Waals surface area contributed by atoms with Gasteiger partial charge in [-0.25, -0.2) is 4.39 Å². The lowest BCUT2D eigenvalue weighted by Crippen LogP contribution is -2.70. The van der Waals surface area contributed by atoms with E-state index in [1.165, 1.54) is 6.08 Å². The highest BCUT2D eigenvalue weighted by atomic mass is 32.2. The summed E-state index contributed by atoms with van der Waals surface area (Å²) >= 11 is 0. The molecule has 5 rings (SSSR count). The van der Waals surface area contributed by atoms with Gasteiger partial charge in [-0.3, -0.25) is 13.8 Å². The van der Waals surface area contributed by atoms with Crippen LogP contribution in [-0.4, -0.2) is 78.3 Å². The van der Waals surface area contributed by atoms with Crippen LogP contribution in [0.5, 0.6) is 0 Å². The van der Waals surface area contributed by atoms with Crippen LogP contribution in [0.1, 0.15) is 64.0 Å². The molecule has 0 aromatic heterocycles. The minimum Gasteiger partial charge on any atom is -0.390 e. The molecule has 0 radical (unpaired) electrons. The van der Waals surface area contributed by atoms with Crippen molar-refractivity contribution < 1.29 is 46.6 Å². The average Bonchev–Trinajstić information content (AvgIpc) is 3.14. The van der Waals surface area contributed by atoms with E-state index >= 15 is 4.39 Å². The first kappa shape index (κ1) is 30.4. The van der Waals surface area contributed by atoms with Crippen LogP contribution in [0.2, 0.25) is 0 Å². The van der Waals surface area contributed by atoms with E-state index in [1.54, 1.807) is 44.2 Å². The molecule has 1 aromatic rings. The molecule has 0 spiro atoms. The van der Waals surface area contributed by atoms with E-state index in [9.17, 15) is 33.3 Å². The van der Waals surface area contributed by atoms with Crippen LogP contribution in [0.25, 0.3) is 0 Å². The number of Topliss-reactive ketones (excluding diaryl/α,β-unsaturated/α-hetero) is 1. The maximum atomic E-state index is 17.5. The van der Waals surface area contributed by atoms with E-state index in [0.717, 1.165) is 6.26 Å². The number of halogens is 1. The first-order chi connectivity index (χ1) is 19.1. The number of fused-ring (bicyclic) bond motifs is 5. The number of hydrogen-bond acceptors (Lipinski definition) is 9. The van der Waals surface area contributed by atoms with Crippen molar-refractivity contribution in [3.8, 4) is 0 Å². The Balaban J connectivity index is 1.51. The minimum atomic E-state index is -3.91. The molecule has 3 N–H and O–H groups in total. The van der Waals surface area contributed by atoms with Gasteiger partial charge in [0.05, 0.1) is 25.1 Å². The number of aliphatic hydroxyl groups excluding tert-OH is 2. The van der Waals surface area contributed by atoms with E-state index in [2.05, 4.69) is 0 Å². The zero-order valence-electron chi connectivity index (χ0n) is 23.6. The molecular formula is C30H39FO9S. The highest BCUT2D eigenvalue weighted by Gasteiger charge is 2.76. The molecule has 0 saturated heterocycles. The molecule has 4 aliphatic rings. The van der Waals surface area contributed by atoms with E-state index in [4.69, 9.17) is 8.92 Å². The van der Waals surface area contributed by atoms with Crippen molar-refractivity contribution in [1.29, 1.82) is 0 Å². The molecule has 0 amide bonds. The van der Waals surface area contributed by atoms with Gasteiger partial charge < -0.3 is 20.1 Å². The summed E-state index contributed by atoms with van der Waals surface area (Å²) in [6.45, 7) is 2.06. The molecule has 11 heteroatoms. The maximum Gasteiger partial charge on any atom is 0.265 e. The number of alkyl halides is 1. The van der Waals surface area contributed by atoms with Gasteiger partial charge in [-0.15, -0.1) is 0 Å². The summed E-state index contributed by atoms with van der Waals surface area (Å²) < 4.78 is 53.0. The zero-order valence-corrected chi connectivity index (χ0v) is 24.4. The monoisotopic (exact) mass is 594 g/mol. The first-order valence-corrected chi connectivity index (χ1v) is 16.0. The molecule has 0 aliphatic heterocycles. The SMILES string of the molecule is C[C@]12CCC(=O)C=C1CC[C@H]1[C@@H]3C[C@@H](OCC(OS(C)(=O)=O)c4ccccc4)[C@](O)(C(=O)CO)[C@@]3(C)C[C@H](O)[C@@]12F. The van der Waals surface area contributed by atoms with Crippen molar-refractivity contribution in [2.24, 2.45) is 22.7 Å². The van der Waals surface area contributed by atoms with Gasteiger partial charge in [0.15, 0.2) is 17.2 Å². The fourth-order valence-corrected chi connectivity index (χ4v) is 9.22. The predicted octanol–water partition coefficient (Wildman–Crippen LogP) is 2.59. The summed E-state index contributed by atoms with van der Waals surface area (Å²) in [6, 6.07) is 8.49. The lowest BCUT2D eigenvalue weighted by atomic mass is 9.44. The van der Waals surface area contributed by atoms with Crippen LogP contribution < -0.4 is 0 Å². The lowest BCUT2D eigenvalue weighted by molar-refractivity contribution is -0.232. The number of hydrogen-bond donors (Lipinski definition) is 3. The van der Waals surface area contributed by atoms with Crippen molar-refractivity contribution >= 4 is 21.7 Å². The Kier molecular flexibility index (Phi) is 7.65. The third-order valence-corrected chi connectivity index (χ3v) is 11.3. The molecular weight excluding hydrogens is 555 g/mol. The Hall–Kier alpha value is -2.02. The van der Waals surface area contributed by atoms with Gasteiger partial charge in [0.2, 0.25) is 0 Å². The molecule has 1 unspecified atom stereocenters. The lowest BCUT2D eigenvalue weighted by Gasteiger charge is -2.63. The summed E-state index contributed by atoms with van der Waals surface area (Å²) in [5, 5.41) is 33.6. The second kappa shape index (κ2) is 10.3. The number of allylic oxidation sites excluding steroid dienone is 1. The third kappa shape index (κ3) is 4.55. The fraction of sp³-hybridized carbons (Fsp3) is 0.667. The number of carbonyl (C=O) groups excluding carboxylic acids is 2. The molecule has 3 fully saturated rings. The summed E-state index contributed by atoms with van der Waals surface area (Å²) in [5.41, 5.74) is -5.62. The average molecular weight is 595 g/mol. The van der Waals surface area contributed by atoms with Crippen LogP contribution >= 0.6 is 0 Å². The normalized spacial score (nSPS) is 41.1. The van der Waals surface area contributed by atoms with Crippen molar-refractivity contribution in [1.82, 2.24) is 0 Å². The van der Waals surface area contributed by atoms with Crippen LogP contribution in [0.15, 0.2) is 42.0 Å². The molecule has 226 valence electrons. The van der Waals surface area contributed by atoms with E-state index in [0.29, 0.717) is 24.0 Å². The predicted molar refractivity (Wildman–Crippen MR) is 146 cm³/mol. The Labute approximate surface area is 239 Å². The molecule has 0 heterocycles. The molecule has 9 nitrogen and oxygen atoms in total. The zero-order chi connectivity index (χ0) is 30.0. The number of ketones is 2. The van der Waals surface area contributed by atoms with Gasteiger partial charge in [0, 0.05) is 23.2 Å². The smallest absolute Gasteiger partial charge is 0.265 e. The van der Waals surface area contributed by atoms with Gasteiger partial charge in [-0.2, -0.15) is 8.42 Å². The van der Waals surface area contributed by atoms with Crippen molar-refractivity contribution in [2.75, 3.05) is 19.5 Å². The largest absolute Gasteiger partial charge is 0.390 e. The van der Waals surface area contributed by atoms with Gasteiger partial charge in [0.1, 0.15) is 18.4 Å². The second-order valence-corrected chi connectivity index (χ2v) is 14.3.